The Morgan fingerprint density at radius 3 is 2.00 bits per heavy atom. The van der Waals surface area contributed by atoms with Crippen LogP contribution in [0.1, 0.15) is 47.5 Å². The van der Waals surface area contributed by atoms with Crippen molar-refractivity contribution in [3.63, 3.8) is 0 Å². The summed E-state index contributed by atoms with van der Waals surface area (Å²) in [4.78, 5) is 13.7. The molecule has 1 aliphatic heterocycles. The Balaban J connectivity index is 0.000000771. The Morgan fingerprint density at radius 2 is 1.61 bits per heavy atom. The smallest absolute Gasteiger partial charge is 0.410 e. The largest absolute Gasteiger partial charge is 0.444 e. The molecule has 0 spiro atoms. The number of hydrogen-bond donors (Lipinski definition) is 1. The van der Waals surface area contributed by atoms with E-state index in [1.54, 1.807) is 0 Å². The molecule has 1 saturated carbocycles. The first-order valence-corrected chi connectivity index (χ1v) is 7.08. The number of fused-ring (bicyclic) bond motifs is 1. The monoisotopic (exact) mass is 256 g/mol. The average Bonchev–Trinajstić information content (AvgIpc) is 2.75. The molecule has 0 aromatic heterocycles. The number of nitrogens with two attached hydrogens (primary N) is 1. The van der Waals surface area contributed by atoms with Crippen LogP contribution in [0.25, 0.3) is 0 Å². The molecule has 1 aliphatic carbocycles. The predicted molar refractivity (Wildman–Crippen MR) is 73.3 cm³/mol. The second-order valence-electron chi connectivity index (χ2n) is 6.14. The van der Waals surface area contributed by atoms with E-state index >= 15 is 0 Å². The van der Waals surface area contributed by atoms with Gasteiger partial charge in [0.1, 0.15) is 5.60 Å². The minimum atomic E-state index is -0.398. The summed E-state index contributed by atoms with van der Waals surface area (Å²) in [5, 5.41) is 0. The van der Waals surface area contributed by atoms with Gasteiger partial charge in [-0.2, -0.15) is 0 Å². The first-order chi connectivity index (χ1) is 8.35. The zero-order valence-corrected chi connectivity index (χ0v) is 12.4. The Bertz CT molecular complexity index is 272. The van der Waals surface area contributed by atoms with Crippen LogP contribution in [-0.2, 0) is 4.74 Å². The minimum absolute atomic E-state index is 0.171. The summed E-state index contributed by atoms with van der Waals surface area (Å²) in [7, 11) is 0. The van der Waals surface area contributed by atoms with Crippen LogP contribution in [-0.4, -0.2) is 35.7 Å². The van der Waals surface area contributed by atoms with Gasteiger partial charge in [0.25, 0.3) is 0 Å². The Labute approximate surface area is 111 Å². The van der Waals surface area contributed by atoms with Crippen molar-refractivity contribution in [3.8, 4) is 0 Å². The molecule has 2 fully saturated rings. The van der Waals surface area contributed by atoms with Crippen LogP contribution < -0.4 is 5.73 Å². The highest BCUT2D eigenvalue weighted by Gasteiger charge is 2.42. The number of rotatable bonds is 0. The molecule has 1 amide bonds. The molecule has 0 aromatic carbocycles. The summed E-state index contributed by atoms with van der Waals surface area (Å²) in [6.45, 7) is 11.4. The third kappa shape index (κ3) is 3.87. The second-order valence-corrected chi connectivity index (χ2v) is 6.14. The fraction of sp³-hybridized carbons (Fsp3) is 0.929. The zero-order valence-electron chi connectivity index (χ0n) is 12.4. The number of likely N-dealkylation sites (tertiary alicyclic amines) is 1. The summed E-state index contributed by atoms with van der Waals surface area (Å²) in [6, 6.07) is 0.343. The summed E-state index contributed by atoms with van der Waals surface area (Å²) in [5.74, 6) is 1.20. The molecule has 0 aromatic rings. The average molecular weight is 256 g/mol. The van der Waals surface area contributed by atoms with Crippen LogP contribution in [0.2, 0.25) is 0 Å². The van der Waals surface area contributed by atoms with Gasteiger partial charge in [-0.1, -0.05) is 13.8 Å². The molecule has 1 saturated heterocycles. The SMILES string of the molecule is CC.CC(C)(C)OC(=O)N1CC2CC(N)CC2C1. The van der Waals surface area contributed by atoms with Crippen molar-refractivity contribution >= 4 is 6.09 Å². The molecular weight excluding hydrogens is 228 g/mol. The molecule has 2 rings (SSSR count). The van der Waals surface area contributed by atoms with Gasteiger partial charge in [-0.15, -0.1) is 0 Å². The van der Waals surface area contributed by atoms with E-state index in [0.29, 0.717) is 17.9 Å². The lowest BCUT2D eigenvalue weighted by atomic mass is 10.0. The molecule has 2 unspecified atom stereocenters. The fourth-order valence-electron chi connectivity index (χ4n) is 2.82. The minimum Gasteiger partial charge on any atom is -0.444 e. The van der Waals surface area contributed by atoms with E-state index in [1.165, 1.54) is 0 Å². The van der Waals surface area contributed by atoms with E-state index in [4.69, 9.17) is 10.5 Å². The molecule has 4 heteroatoms. The second kappa shape index (κ2) is 5.91. The van der Waals surface area contributed by atoms with Gasteiger partial charge in [-0.25, -0.2) is 4.79 Å². The Hall–Kier alpha value is -0.770. The standard InChI is InChI=1S/C12H22N2O2.C2H6/c1-12(2,3)16-11(15)14-6-8-4-10(13)5-9(8)7-14;1-2/h8-10H,4-7,13H2,1-3H3;1-2H3. The van der Waals surface area contributed by atoms with Gasteiger partial charge in [-0.05, 0) is 45.4 Å². The van der Waals surface area contributed by atoms with Crippen LogP contribution in [0.15, 0.2) is 0 Å². The van der Waals surface area contributed by atoms with Gasteiger partial charge >= 0.3 is 6.09 Å². The predicted octanol–water partition coefficient (Wildman–Crippen LogP) is 2.62. The van der Waals surface area contributed by atoms with Crippen LogP contribution in [0.4, 0.5) is 4.79 Å². The van der Waals surface area contributed by atoms with E-state index < -0.39 is 5.60 Å². The van der Waals surface area contributed by atoms with Crippen LogP contribution >= 0.6 is 0 Å². The number of amides is 1. The van der Waals surface area contributed by atoms with Gasteiger partial charge in [0, 0.05) is 19.1 Å². The van der Waals surface area contributed by atoms with E-state index in [9.17, 15) is 4.79 Å². The van der Waals surface area contributed by atoms with Crippen LogP contribution in [0.3, 0.4) is 0 Å². The van der Waals surface area contributed by atoms with Gasteiger partial charge in [0.2, 0.25) is 0 Å². The number of ether oxygens (including phenoxy) is 1. The van der Waals surface area contributed by atoms with Gasteiger partial charge in [0.15, 0.2) is 0 Å². The number of nitrogens with zero attached hydrogens (tertiary/aromatic N) is 1. The molecule has 106 valence electrons. The molecule has 0 radical (unpaired) electrons. The maximum absolute atomic E-state index is 11.8. The van der Waals surface area contributed by atoms with Crippen LogP contribution in [0.5, 0.6) is 0 Å². The molecule has 1 heterocycles. The van der Waals surface area contributed by atoms with Crippen molar-refractivity contribution in [1.82, 2.24) is 4.90 Å². The molecule has 2 N–H and O–H groups in total. The fourth-order valence-corrected chi connectivity index (χ4v) is 2.82. The molecule has 18 heavy (non-hydrogen) atoms. The highest BCUT2D eigenvalue weighted by Crippen LogP contribution is 2.37. The normalized spacial score (nSPS) is 30.6. The lowest BCUT2D eigenvalue weighted by molar-refractivity contribution is 0.0279. The first-order valence-electron chi connectivity index (χ1n) is 7.08. The van der Waals surface area contributed by atoms with Gasteiger partial charge < -0.3 is 15.4 Å². The van der Waals surface area contributed by atoms with Crippen molar-refractivity contribution < 1.29 is 9.53 Å². The maximum atomic E-state index is 11.8. The third-order valence-electron chi connectivity index (χ3n) is 3.44. The molecule has 0 bridgehead atoms. The van der Waals surface area contributed by atoms with E-state index in [-0.39, 0.29) is 6.09 Å². The van der Waals surface area contributed by atoms with Crippen LogP contribution in [0, 0.1) is 11.8 Å². The van der Waals surface area contributed by atoms with Crippen molar-refractivity contribution in [2.24, 2.45) is 17.6 Å². The van der Waals surface area contributed by atoms with Crippen molar-refractivity contribution in [3.05, 3.63) is 0 Å². The summed E-state index contributed by atoms with van der Waals surface area (Å²) < 4.78 is 5.37. The topological polar surface area (TPSA) is 55.6 Å². The molecule has 2 atom stereocenters. The third-order valence-corrected chi connectivity index (χ3v) is 3.44. The van der Waals surface area contributed by atoms with Crippen molar-refractivity contribution in [2.45, 2.75) is 59.1 Å². The molecule has 2 aliphatic rings. The quantitative estimate of drug-likeness (QED) is 0.725. The highest BCUT2D eigenvalue weighted by atomic mass is 16.6. The molecule has 4 nitrogen and oxygen atoms in total. The Morgan fingerprint density at radius 1 is 1.17 bits per heavy atom. The number of carbonyl (C=O) groups excluding carboxylic acids is 1. The summed E-state index contributed by atoms with van der Waals surface area (Å²) >= 11 is 0. The summed E-state index contributed by atoms with van der Waals surface area (Å²) in [5.41, 5.74) is 5.52. The highest BCUT2D eigenvalue weighted by molar-refractivity contribution is 5.68. The van der Waals surface area contributed by atoms with E-state index in [1.807, 2.05) is 39.5 Å². The van der Waals surface area contributed by atoms with E-state index in [0.717, 1.165) is 25.9 Å². The lowest BCUT2D eigenvalue weighted by Crippen LogP contribution is -2.36. The van der Waals surface area contributed by atoms with Crippen molar-refractivity contribution in [1.29, 1.82) is 0 Å². The van der Waals surface area contributed by atoms with Crippen molar-refractivity contribution in [2.75, 3.05) is 13.1 Å². The number of hydrogen-bond acceptors (Lipinski definition) is 3. The molecular formula is C14H28N2O2. The summed E-state index contributed by atoms with van der Waals surface area (Å²) in [6.07, 6.45) is 1.95. The Kier molecular flexibility index (Phi) is 5.02. The maximum Gasteiger partial charge on any atom is 0.410 e. The van der Waals surface area contributed by atoms with Gasteiger partial charge in [0.05, 0.1) is 0 Å². The zero-order chi connectivity index (χ0) is 13.9. The number of carbonyl (C=O) groups is 1. The van der Waals surface area contributed by atoms with Gasteiger partial charge in [-0.3, -0.25) is 0 Å². The first kappa shape index (κ1) is 15.3. The van der Waals surface area contributed by atoms with E-state index in [2.05, 4.69) is 0 Å². The lowest BCUT2D eigenvalue weighted by Gasteiger charge is -2.25.